The van der Waals surface area contributed by atoms with Crippen molar-refractivity contribution in [1.29, 1.82) is 0 Å². The van der Waals surface area contributed by atoms with Crippen LogP contribution in [0.1, 0.15) is 13.3 Å². The maximum Gasteiger partial charge on any atom is 0.142 e. The molecule has 3 heterocycles. The number of benzene rings is 1. The molecule has 0 atom stereocenters. The number of pyridine rings is 1. The predicted molar refractivity (Wildman–Crippen MR) is 116 cm³/mol. The lowest BCUT2D eigenvalue weighted by molar-refractivity contribution is 0.417. The molecule has 0 radical (unpaired) electrons. The van der Waals surface area contributed by atoms with Gasteiger partial charge in [0.25, 0.3) is 0 Å². The lowest BCUT2D eigenvalue weighted by Crippen LogP contribution is -2.58. The van der Waals surface area contributed by atoms with E-state index in [4.69, 9.17) is 16.6 Å². The molecule has 7 nitrogen and oxygen atoms in total. The van der Waals surface area contributed by atoms with Crippen LogP contribution >= 0.6 is 22.4 Å². The Morgan fingerprint density at radius 1 is 1.29 bits per heavy atom. The number of imidazole rings is 1. The monoisotopic (exact) mass is 421 g/mol. The van der Waals surface area contributed by atoms with Gasteiger partial charge in [0, 0.05) is 31.9 Å². The Labute approximate surface area is 170 Å². The molecule has 1 aromatic carbocycles. The predicted octanol–water partition coefficient (Wildman–Crippen LogP) is 4.14. The Bertz CT molecular complexity index is 1000. The van der Waals surface area contributed by atoms with Gasteiger partial charge in [-0.15, -0.1) is 10.8 Å². The van der Waals surface area contributed by atoms with Gasteiger partial charge in [0.1, 0.15) is 11.6 Å². The number of halogens is 1. The molecule has 2 aromatic heterocycles. The van der Waals surface area contributed by atoms with Crippen molar-refractivity contribution in [2.45, 2.75) is 19.4 Å². The van der Waals surface area contributed by atoms with Crippen molar-refractivity contribution in [1.82, 2.24) is 19.3 Å². The number of nitrogens with zero attached hydrogens (tertiary/aromatic N) is 4. The summed E-state index contributed by atoms with van der Waals surface area (Å²) in [5.41, 5.74) is 2.79. The molecule has 3 N–H and O–H groups in total. The Morgan fingerprint density at radius 3 is 2.75 bits per heavy atom. The van der Waals surface area contributed by atoms with Gasteiger partial charge in [-0.1, -0.05) is 30.7 Å². The number of aryl methyl sites for hydroxylation is 1. The highest BCUT2D eigenvalue weighted by molar-refractivity contribution is 8.22. The molecule has 0 aliphatic carbocycles. The van der Waals surface area contributed by atoms with E-state index in [-0.39, 0.29) is 6.04 Å². The number of aromatic nitrogens is 3. The summed E-state index contributed by atoms with van der Waals surface area (Å²) in [5.74, 6) is 1.97. The van der Waals surface area contributed by atoms with Gasteiger partial charge < -0.3 is 9.47 Å². The van der Waals surface area contributed by atoms with Gasteiger partial charge in [-0.3, -0.25) is 9.11 Å². The lowest BCUT2D eigenvalue weighted by Gasteiger charge is -2.46. The van der Waals surface area contributed by atoms with E-state index in [0.29, 0.717) is 23.9 Å². The molecule has 1 aliphatic rings. The summed E-state index contributed by atoms with van der Waals surface area (Å²) in [7, 11) is -0.732. The SMILES string of the molecule is CCCS(O)(O)NC1CN(c2cc(-c3nc4ccccc4n3C)c(Cl)cn2)C1. The van der Waals surface area contributed by atoms with Gasteiger partial charge in [-0.05, 0) is 24.6 Å². The maximum atomic E-state index is 10.0. The minimum absolute atomic E-state index is 0.0354. The van der Waals surface area contributed by atoms with Gasteiger partial charge in [-0.25, -0.2) is 14.7 Å². The molecule has 0 amide bonds. The number of hydrogen-bond acceptors (Lipinski definition) is 6. The fourth-order valence-electron chi connectivity index (χ4n) is 3.51. The second-order valence-electron chi connectivity index (χ2n) is 7.10. The van der Waals surface area contributed by atoms with E-state index < -0.39 is 10.8 Å². The molecule has 28 heavy (non-hydrogen) atoms. The van der Waals surface area contributed by atoms with Crippen LogP contribution in [0.25, 0.3) is 22.4 Å². The summed E-state index contributed by atoms with van der Waals surface area (Å²) in [6, 6.07) is 9.95. The van der Waals surface area contributed by atoms with E-state index in [9.17, 15) is 9.11 Å². The summed E-state index contributed by atoms with van der Waals surface area (Å²) in [5, 5.41) is 0.550. The van der Waals surface area contributed by atoms with Crippen molar-refractivity contribution in [3.05, 3.63) is 41.6 Å². The summed E-state index contributed by atoms with van der Waals surface area (Å²) in [6.45, 7) is 3.26. The minimum atomic E-state index is -2.71. The minimum Gasteiger partial charge on any atom is -0.353 e. The van der Waals surface area contributed by atoms with Crippen molar-refractivity contribution in [2.75, 3.05) is 23.7 Å². The van der Waals surface area contributed by atoms with Gasteiger partial charge in [-0.2, -0.15) is 0 Å². The normalized spacial score (nSPS) is 15.8. The second-order valence-corrected chi connectivity index (χ2v) is 9.48. The number of fused-ring (bicyclic) bond motifs is 1. The fourth-order valence-corrected chi connectivity index (χ4v) is 5.07. The first-order valence-corrected chi connectivity index (χ1v) is 11.3. The van der Waals surface area contributed by atoms with Crippen molar-refractivity contribution >= 4 is 39.2 Å². The summed E-state index contributed by atoms with van der Waals surface area (Å²) in [4.78, 5) is 11.3. The van der Waals surface area contributed by atoms with Gasteiger partial charge in [0.15, 0.2) is 0 Å². The van der Waals surface area contributed by atoms with Crippen LogP contribution in [0.5, 0.6) is 0 Å². The van der Waals surface area contributed by atoms with Crippen molar-refractivity contribution in [3.63, 3.8) is 0 Å². The van der Waals surface area contributed by atoms with Crippen LogP contribution < -0.4 is 9.62 Å². The van der Waals surface area contributed by atoms with Crippen LogP contribution in [0.15, 0.2) is 36.5 Å². The number of para-hydroxylation sites is 2. The summed E-state index contributed by atoms with van der Waals surface area (Å²) < 4.78 is 25.0. The van der Waals surface area contributed by atoms with Gasteiger partial charge in [0.2, 0.25) is 0 Å². The van der Waals surface area contributed by atoms with E-state index in [0.717, 1.165) is 34.7 Å². The fraction of sp³-hybridized carbons (Fsp3) is 0.368. The van der Waals surface area contributed by atoms with E-state index >= 15 is 0 Å². The zero-order valence-corrected chi connectivity index (χ0v) is 17.4. The molecule has 0 spiro atoms. The largest absolute Gasteiger partial charge is 0.353 e. The lowest BCUT2D eigenvalue weighted by atomic mass is 10.1. The molecule has 3 aromatic rings. The van der Waals surface area contributed by atoms with Crippen LogP contribution in [-0.2, 0) is 7.05 Å². The van der Waals surface area contributed by atoms with Crippen molar-refractivity contribution < 1.29 is 9.11 Å². The average Bonchev–Trinajstić information content (AvgIpc) is 2.96. The van der Waals surface area contributed by atoms with Crippen molar-refractivity contribution in [2.24, 2.45) is 7.05 Å². The van der Waals surface area contributed by atoms with Crippen LogP contribution in [-0.4, -0.2) is 48.5 Å². The number of rotatable bonds is 6. The zero-order valence-electron chi connectivity index (χ0n) is 15.8. The quantitative estimate of drug-likeness (QED) is 0.554. The average molecular weight is 422 g/mol. The standard InChI is InChI=1S/C19H24ClN5O2S/c1-3-8-28(26,27)23-13-11-25(12-13)18-9-14(15(20)10-21-18)19-22-16-6-4-5-7-17(16)24(19)2/h4-7,9-10,13,23,26-27H,3,8,11-12H2,1-2H3. The van der Waals surface area contributed by atoms with Gasteiger partial charge >= 0.3 is 0 Å². The third kappa shape index (κ3) is 3.70. The molecule has 0 bridgehead atoms. The topological polar surface area (TPSA) is 86.4 Å². The second kappa shape index (κ2) is 7.53. The Balaban J connectivity index is 1.55. The molecule has 4 rings (SSSR count). The van der Waals surface area contributed by atoms with E-state index in [2.05, 4.69) is 14.6 Å². The summed E-state index contributed by atoms with van der Waals surface area (Å²) >= 11 is 6.44. The Hall–Kier alpha value is -1.84. The maximum absolute atomic E-state index is 10.0. The Kier molecular flexibility index (Phi) is 5.24. The van der Waals surface area contributed by atoms with Crippen LogP contribution in [0.2, 0.25) is 5.02 Å². The zero-order chi connectivity index (χ0) is 19.9. The van der Waals surface area contributed by atoms with Crippen LogP contribution in [0.3, 0.4) is 0 Å². The number of hydrogen-bond donors (Lipinski definition) is 3. The van der Waals surface area contributed by atoms with Crippen molar-refractivity contribution in [3.8, 4) is 11.4 Å². The molecule has 0 saturated carbocycles. The van der Waals surface area contributed by atoms with E-state index in [1.54, 1.807) is 6.20 Å². The molecular formula is C19H24ClN5O2S. The molecule has 9 heteroatoms. The molecular weight excluding hydrogens is 398 g/mol. The van der Waals surface area contributed by atoms with E-state index in [1.165, 1.54) is 0 Å². The highest BCUT2D eigenvalue weighted by atomic mass is 35.5. The smallest absolute Gasteiger partial charge is 0.142 e. The molecule has 1 saturated heterocycles. The van der Waals surface area contributed by atoms with E-state index in [1.807, 2.05) is 48.9 Å². The first kappa shape index (κ1) is 19.5. The number of nitrogens with one attached hydrogen (secondary N) is 1. The first-order chi connectivity index (χ1) is 13.4. The van der Waals surface area contributed by atoms with Gasteiger partial charge in [0.05, 0.1) is 27.9 Å². The molecule has 0 unspecified atom stereocenters. The summed E-state index contributed by atoms with van der Waals surface area (Å²) in [6.07, 6.45) is 2.38. The Morgan fingerprint density at radius 2 is 2.04 bits per heavy atom. The highest BCUT2D eigenvalue weighted by Gasteiger charge is 2.31. The van der Waals surface area contributed by atoms with Crippen LogP contribution in [0.4, 0.5) is 5.82 Å². The third-order valence-corrected chi connectivity index (χ3v) is 6.91. The first-order valence-electron chi connectivity index (χ1n) is 9.23. The third-order valence-electron chi connectivity index (χ3n) is 4.92. The number of anilines is 1. The highest BCUT2D eigenvalue weighted by Crippen LogP contribution is 2.37. The molecule has 1 aliphatic heterocycles. The molecule has 1 fully saturated rings. The van der Waals surface area contributed by atoms with Crippen LogP contribution in [0, 0.1) is 0 Å². The molecule has 150 valence electrons.